The summed E-state index contributed by atoms with van der Waals surface area (Å²) in [5.41, 5.74) is 2.85. The largest absolute Gasteiger partial charge is 0.491 e. The highest BCUT2D eigenvalue weighted by Gasteiger charge is 2.22. The van der Waals surface area contributed by atoms with Crippen molar-refractivity contribution in [3.8, 4) is 34.1 Å². The summed E-state index contributed by atoms with van der Waals surface area (Å²) in [7, 11) is -0.826. The Bertz CT molecular complexity index is 1550. The van der Waals surface area contributed by atoms with Crippen LogP contribution >= 0.6 is 0 Å². The molecule has 0 fully saturated rings. The molecule has 0 radical (unpaired) electrons. The van der Waals surface area contributed by atoms with Crippen molar-refractivity contribution in [2.24, 2.45) is 5.14 Å². The number of rotatable bonds is 14. The van der Waals surface area contributed by atoms with Crippen LogP contribution in [0, 0.1) is 0 Å². The Hall–Kier alpha value is -4.03. The normalized spacial score (nSPS) is 11.4. The van der Waals surface area contributed by atoms with Crippen molar-refractivity contribution in [2.45, 2.75) is 11.4 Å². The van der Waals surface area contributed by atoms with Gasteiger partial charge in [0.15, 0.2) is 6.29 Å². The van der Waals surface area contributed by atoms with E-state index in [2.05, 4.69) is 4.98 Å². The number of ether oxygens (including phenoxy) is 4. The maximum Gasteiger partial charge on any atom is 0.243 e. The van der Waals surface area contributed by atoms with Crippen molar-refractivity contribution in [3.63, 3.8) is 0 Å². The number of benzene rings is 3. The van der Waals surface area contributed by atoms with Gasteiger partial charge in [-0.3, -0.25) is 4.79 Å². The van der Waals surface area contributed by atoms with E-state index in [9.17, 15) is 13.2 Å². The highest BCUT2D eigenvalue weighted by atomic mass is 32.2. The number of hydrogen-bond acceptors (Lipinski definition) is 8. The Morgan fingerprint density at radius 1 is 0.850 bits per heavy atom. The lowest BCUT2D eigenvalue weighted by molar-refractivity contribution is 0.110. The Balaban J connectivity index is 1.81. The molecule has 2 N–H and O–H groups in total. The summed E-state index contributed by atoms with van der Waals surface area (Å²) in [4.78, 5) is 16.9. The van der Waals surface area contributed by atoms with Crippen molar-refractivity contribution in [2.75, 3.05) is 40.6 Å². The van der Waals surface area contributed by atoms with Gasteiger partial charge in [-0.1, -0.05) is 60.7 Å². The minimum Gasteiger partial charge on any atom is -0.491 e. The van der Waals surface area contributed by atoms with E-state index in [0.29, 0.717) is 42.2 Å². The zero-order valence-corrected chi connectivity index (χ0v) is 23.1. The summed E-state index contributed by atoms with van der Waals surface area (Å²) in [6.07, 6.45) is 0.712. The molecule has 0 bridgehead atoms. The topological polar surface area (TPSA) is 132 Å². The maximum absolute atomic E-state index is 12.3. The molecule has 40 heavy (non-hydrogen) atoms. The van der Waals surface area contributed by atoms with Crippen molar-refractivity contribution < 1.29 is 32.2 Å². The zero-order valence-electron chi connectivity index (χ0n) is 22.3. The fourth-order valence-electron chi connectivity index (χ4n) is 4.20. The molecule has 210 valence electrons. The first-order valence-corrected chi connectivity index (χ1v) is 14.0. The van der Waals surface area contributed by atoms with Gasteiger partial charge < -0.3 is 23.5 Å². The number of sulfonamides is 1. The van der Waals surface area contributed by atoms with E-state index in [-0.39, 0.29) is 36.2 Å². The molecule has 1 heterocycles. The molecule has 10 nitrogen and oxygen atoms in total. The summed E-state index contributed by atoms with van der Waals surface area (Å²) in [5, 5.41) is 5.47. The van der Waals surface area contributed by atoms with Crippen LogP contribution in [0.1, 0.15) is 16.1 Å². The summed E-state index contributed by atoms with van der Waals surface area (Å²) in [6.45, 7) is 1.38. The number of carbonyl (C=O) groups excluding carboxylic acids is 1. The molecule has 0 aliphatic heterocycles. The Labute approximate surface area is 233 Å². The number of imidazole rings is 1. The average Bonchev–Trinajstić information content (AvgIpc) is 3.31. The third-order valence-corrected chi connectivity index (χ3v) is 7.06. The van der Waals surface area contributed by atoms with Gasteiger partial charge in [-0.25, -0.2) is 13.6 Å². The number of aldehydes is 1. The SMILES string of the molecule is COCCOc1cc(-c2ccccc2S(N)(=O)=O)ccc1Cn1c(-c2ccccc2)nc(OCCOC)c1C=O. The number of nitrogens with two attached hydrogens (primary N) is 1. The molecule has 0 spiro atoms. The average molecular weight is 566 g/mol. The van der Waals surface area contributed by atoms with Crippen molar-refractivity contribution in [1.29, 1.82) is 0 Å². The molecule has 11 heteroatoms. The minimum atomic E-state index is -3.96. The minimum absolute atomic E-state index is 0.00709. The van der Waals surface area contributed by atoms with Crippen LogP contribution in [0.25, 0.3) is 22.5 Å². The van der Waals surface area contributed by atoms with Crippen LogP contribution in [-0.2, 0) is 26.0 Å². The molecule has 4 aromatic rings. The highest BCUT2D eigenvalue weighted by molar-refractivity contribution is 7.89. The van der Waals surface area contributed by atoms with Crippen LogP contribution in [0.15, 0.2) is 77.7 Å². The second-order valence-electron chi connectivity index (χ2n) is 8.74. The van der Waals surface area contributed by atoms with Crippen LogP contribution < -0.4 is 14.6 Å². The van der Waals surface area contributed by atoms with Gasteiger partial charge >= 0.3 is 0 Å². The number of methoxy groups -OCH3 is 2. The van der Waals surface area contributed by atoms with E-state index in [1.165, 1.54) is 6.07 Å². The predicted octanol–water partition coefficient (Wildman–Crippen LogP) is 3.78. The molecule has 0 aliphatic carbocycles. The third kappa shape index (κ3) is 6.75. The summed E-state index contributed by atoms with van der Waals surface area (Å²) in [6, 6.07) is 21.3. The van der Waals surface area contributed by atoms with Crippen LogP contribution in [0.5, 0.6) is 11.6 Å². The molecular weight excluding hydrogens is 534 g/mol. The summed E-state index contributed by atoms with van der Waals surface area (Å²) < 4.78 is 48.3. The van der Waals surface area contributed by atoms with E-state index in [1.54, 1.807) is 49.1 Å². The first kappa shape index (κ1) is 29.0. The number of carbonyl (C=O) groups is 1. The molecule has 0 unspecified atom stereocenters. The smallest absolute Gasteiger partial charge is 0.243 e. The first-order chi connectivity index (χ1) is 19.4. The van der Waals surface area contributed by atoms with Crippen molar-refractivity contribution in [1.82, 2.24) is 9.55 Å². The number of nitrogens with zero attached hydrogens (tertiary/aromatic N) is 2. The van der Waals surface area contributed by atoms with E-state index >= 15 is 0 Å². The van der Waals surface area contributed by atoms with Gasteiger partial charge in [0, 0.05) is 30.9 Å². The van der Waals surface area contributed by atoms with Crippen LogP contribution in [0.2, 0.25) is 0 Å². The lowest BCUT2D eigenvalue weighted by Crippen LogP contribution is -2.13. The second kappa shape index (κ2) is 13.4. The van der Waals surface area contributed by atoms with Gasteiger partial charge in [-0.15, -0.1) is 0 Å². The van der Waals surface area contributed by atoms with Gasteiger partial charge in [0.05, 0.1) is 24.7 Å². The van der Waals surface area contributed by atoms with Crippen LogP contribution in [0.4, 0.5) is 0 Å². The summed E-state index contributed by atoms with van der Waals surface area (Å²) in [5.74, 6) is 1.23. The lowest BCUT2D eigenvalue weighted by atomic mass is 10.0. The second-order valence-corrected chi connectivity index (χ2v) is 10.3. The molecule has 0 saturated carbocycles. The fraction of sp³-hybridized carbons (Fsp3) is 0.241. The quantitative estimate of drug-likeness (QED) is 0.181. The molecule has 1 aromatic heterocycles. The van der Waals surface area contributed by atoms with E-state index in [0.717, 1.165) is 11.1 Å². The molecule has 0 atom stereocenters. The Kier molecular flexibility index (Phi) is 9.67. The predicted molar refractivity (Wildman–Crippen MR) is 150 cm³/mol. The number of aromatic nitrogens is 2. The van der Waals surface area contributed by atoms with Crippen molar-refractivity contribution in [3.05, 3.63) is 84.1 Å². The van der Waals surface area contributed by atoms with Gasteiger partial charge in [-0.2, -0.15) is 4.98 Å². The van der Waals surface area contributed by atoms with Crippen LogP contribution in [0.3, 0.4) is 0 Å². The molecular formula is C29H31N3O7S. The Morgan fingerprint density at radius 2 is 1.52 bits per heavy atom. The van der Waals surface area contributed by atoms with E-state index in [4.69, 9.17) is 24.1 Å². The van der Waals surface area contributed by atoms with E-state index < -0.39 is 10.0 Å². The van der Waals surface area contributed by atoms with E-state index in [1.807, 2.05) is 36.4 Å². The summed E-state index contributed by atoms with van der Waals surface area (Å²) >= 11 is 0. The fourth-order valence-corrected chi connectivity index (χ4v) is 4.96. The molecule has 3 aromatic carbocycles. The van der Waals surface area contributed by atoms with Gasteiger partial charge in [-0.05, 0) is 17.7 Å². The molecule has 4 rings (SSSR count). The van der Waals surface area contributed by atoms with Gasteiger partial charge in [0.1, 0.15) is 30.5 Å². The standard InChI is InChI=1S/C29H31N3O7S/c1-36-14-16-38-26-18-22(24-10-6-7-11-27(24)40(30,34)35)12-13-23(26)19-32-25(20-33)29(39-17-15-37-2)31-28(32)21-8-4-3-5-9-21/h3-13,18,20H,14-17,19H2,1-2H3,(H2,30,34,35). The van der Waals surface area contributed by atoms with Gasteiger partial charge in [0.25, 0.3) is 0 Å². The van der Waals surface area contributed by atoms with Crippen LogP contribution in [-0.4, -0.2) is 64.9 Å². The number of hydrogen-bond donors (Lipinski definition) is 1. The monoisotopic (exact) mass is 565 g/mol. The molecule has 0 saturated heterocycles. The Morgan fingerprint density at radius 3 is 2.20 bits per heavy atom. The number of primary sulfonamides is 1. The third-order valence-electron chi connectivity index (χ3n) is 6.09. The van der Waals surface area contributed by atoms with Gasteiger partial charge in [0.2, 0.25) is 15.9 Å². The molecule has 0 amide bonds. The van der Waals surface area contributed by atoms with Crippen molar-refractivity contribution >= 4 is 16.3 Å². The first-order valence-electron chi connectivity index (χ1n) is 12.5. The zero-order chi connectivity index (χ0) is 28.5. The highest BCUT2D eigenvalue weighted by Crippen LogP contribution is 2.34. The molecule has 0 aliphatic rings. The lowest BCUT2D eigenvalue weighted by Gasteiger charge is -2.17. The maximum atomic E-state index is 12.3.